The van der Waals surface area contributed by atoms with Gasteiger partial charge < -0.3 is 9.88 Å². The van der Waals surface area contributed by atoms with Crippen LogP contribution in [0.2, 0.25) is 0 Å². The summed E-state index contributed by atoms with van der Waals surface area (Å²) in [5, 5.41) is 2.79. The van der Waals surface area contributed by atoms with Crippen molar-refractivity contribution < 1.29 is 4.79 Å². The van der Waals surface area contributed by atoms with Crippen molar-refractivity contribution in [1.82, 2.24) is 9.88 Å². The van der Waals surface area contributed by atoms with Crippen molar-refractivity contribution in [2.45, 2.75) is 17.4 Å². The van der Waals surface area contributed by atoms with Crippen molar-refractivity contribution in [2.75, 3.05) is 0 Å². The number of alkyl halides is 1. The molecule has 0 spiro atoms. The zero-order chi connectivity index (χ0) is 16.5. The SMILES string of the molecule is C=C/C=C\c1c(C=C)ccn1CC(I)C(=O)NC(=C)/C=C\C. The molecule has 0 aliphatic heterocycles. The molecular weight excluding hydrogens is 387 g/mol. The molecular formula is C18H21IN2O. The minimum atomic E-state index is -0.208. The van der Waals surface area contributed by atoms with Gasteiger partial charge in [-0.2, -0.15) is 0 Å². The number of hydrogen-bond donors (Lipinski definition) is 1. The van der Waals surface area contributed by atoms with E-state index in [2.05, 4.69) is 47.6 Å². The monoisotopic (exact) mass is 408 g/mol. The molecule has 1 amide bonds. The summed E-state index contributed by atoms with van der Waals surface area (Å²) in [6, 6.07) is 1.98. The number of nitrogens with one attached hydrogen (secondary N) is 1. The van der Waals surface area contributed by atoms with Crippen LogP contribution in [0.4, 0.5) is 0 Å². The summed E-state index contributed by atoms with van der Waals surface area (Å²) in [4.78, 5) is 12.2. The van der Waals surface area contributed by atoms with Gasteiger partial charge in [0.1, 0.15) is 3.92 Å². The Labute approximate surface area is 145 Å². The van der Waals surface area contributed by atoms with Crippen molar-refractivity contribution in [3.8, 4) is 0 Å². The average Bonchev–Trinajstić information content (AvgIpc) is 2.86. The number of hydrogen-bond acceptors (Lipinski definition) is 1. The molecule has 0 radical (unpaired) electrons. The molecule has 0 saturated carbocycles. The lowest BCUT2D eigenvalue weighted by Gasteiger charge is -2.14. The maximum Gasteiger partial charge on any atom is 0.239 e. The Kier molecular flexibility index (Phi) is 7.66. The summed E-state index contributed by atoms with van der Waals surface area (Å²) < 4.78 is 1.83. The van der Waals surface area contributed by atoms with Crippen molar-refractivity contribution >= 4 is 40.7 Å². The van der Waals surface area contributed by atoms with Crippen LogP contribution in [0.3, 0.4) is 0 Å². The molecule has 0 aliphatic carbocycles. The first-order chi connectivity index (χ1) is 10.5. The second-order valence-electron chi connectivity index (χ2n) is 4.59. The topological polar surface area (TPSA) is 34.0 Å². The predicted octanol–water partition coefficient (Wildman–Crippen LogP) is 4.34. The van der Waals surface area contributed by atoms with E-state index < -0.39 is 0 Å². The summed E-state index contributed by atoms with van der Waals surface area (Å²) in [6.45, 7) is 13.7. The molecule has 1 aromatic rings. The molecule has 1 rings (SSSR count). The smallest absolute Gasteiger partial charge is 0.239 e. The van der Waals surface area contributed by atoms with Crippen LogP contribution in [0.1, 0.15) is 18.2 Å². The number of aromatic nitrogens is 1. The fraction of sp³-hybridized carbons (Fsp3) is 0.167. The highest BCUT2D eigenvalue weighted by Crippen LogP contribution is 2.17. The van der Waals surface area contributed by atoms with E-state index in [1.807, 2.05) is 42.0 Å². The Hall–Kier alpha value is -1.82. The van der Waals surface area contributed by atoms with E-state index in [1.165, 1.54) is 0 Å². The van der Waals surface area contributed by atoms with Crippen LogP contribution in [-0.2, 0) is 11.3 Å². The summed E-state index contributed by atoms with van der Waals surface area (Å²) >= 11 is 2.14. The standard InChI is InChI=1S/C18H21IN2O/c1-5-8-10-17-15(7-3)11-12-21(17)13-16(19)18(22)20-14(4)9-6-2/h5-12,16H,1,3-4,13H2,2H3,(H,20,22)/b9-6-,10-8-. The van der Waals surface area contributed by atoms with Crippen LogP contribution in [0.25, 0.3) is 12.2 Å². The normalized spacial score (nSPS) is 12.5. The summed E-state index contributed by atoms with van der Waals surface area (Å²) in [5.74, 6) is -0.0591. The molecule has 0 saturated heterocycles. The Morgan fingerprint density at radius 1 is 1.50 bits per heavy atom. The zero-order valence-electron chi connectivity index (χ0n) is 12.8. The van der Waals surface area contributed by atoms with E-state index in [1.54, 1.807) is 18.2 Å². The van der Waals surface area contributed by atoms with Gasteiger partial charge in [0.15, 0.2) is 0 Å². The van der Waals surface area contributed by atoms with Gasteiger partial charge in [0.2, 0.25) is 5.91 Å². The average molecular weight is 408 g/mol. The van der Waals surface area contributed by atoms with Crippen molar-refractivity contribution in [2.24, 2.45) is 0 Å². The van der Waals surface area contributed by atoms with Crippen molar-refractivity contribution in [3.63, 3.8) is 0 Å². The first kappa shape index (κ1) is 18.2. The highest BCUT2D eigenvalue weighted by Gasteiger charge is 2.17. The van der Waals surface area contributed by atoms with Crippen LogP contribution in [0, 0.1) is 0 Å². The van der Waals surface area contributed by atoms with E-state index in [0.29, 0.717) is 12.2 Å². The molecule has 0 aliphatic rings. The predicted molar refractivity (Wildman–Crippen MR) is 104 cm³/mol. The number of carbonyl (C=O) groups excluding carboxylic acids is 1. The minimum absolute atomic E-state index is 0.0591. The molecule has 22 heavy (non-hydrogen) atoms. The molecule has 1 N–H and O–H groups in total. The van der Waals surface area contributed by atoms with E-state index in [4.69, 9.17) is 0 Å². The highest BCUT2D eigenvalue weighted by molar-refractivity contribution is 14.1. The Morgan fingerprint density at radius 2 is 2.23 bits per heavy atom. The van der Waals surface area contributed by atoms with Gasteiger partial charge >= 0.3 is 0 Å². The van der Waals surface area contributed by atoms with Gasteiger partial charge in [-0.1, -0.05) is 66.6 Å². The summed E-state index contributed by atoms with van der Waals surface area (Å²) in [7, 11) is 0. The van der Waals surface area contributed by atoms with Gasteiger partial charge in [-0.25, -0.2) is 0 Å². The Bertz CT molecular complexity index is 623. The molecule has 3 nitrogen and oxygen atoms in total. The van der Waals surface area contributed by atoms with Gasteiger partial charge in [0.25, 0.3) is 0 Å². The first-order valence-corrected chi connectivity index (χ1v) is 8.15. The number of allylic oxidation sites excluding steroid dienone is 4. The van der Waals surface area contributed by atoms with Crippen molar-refractivity contribution in [3.05, 3.63) is 73.3 Å². The van der Waals surface area contributed by atoms with Crippen molar-refractivity contribution in [1.29, 1.82) is 0 Å². The largest absolute Gasteiger partial charge is 0.346 e. The second kappa shape index (κ2) is 9.25. The molecule has 4 heteroatoms. The molecule has 1 aromatic heterocycles. The molecule has 0 aromatic carbocycles. The van der Waals surface area contributed by atoms with E-state index in [0.717, 1.165) is 11.3 Å². The van der Waals surface area contributed by atoms with Crippen LogP contribution < -0.4 is 5.32 Å². The highest BCUT2D eigenvalue weighted by atomic mass is 127. The lowest BCUT2D eigenvalue weighted by molar-refractivity contribution is -0.119. The number of halogens is 1. The van der Waals surface area contributed by atoms with E-state index >= 15 is 0 Å². The number of rotatable bonds is 8. The lowest BCUT2D eigenvalue weighted by atomic mass is 10.2. The summed E-state index contributed by atoms with van der Waals surface area (Å²) in [6.07, 6.45) is 12.9. The number of nitrogens with zero attached hydrogens (tertiary/aromatic N) is 1. The maximum absolute atomic E-state index is 12.2. The third-order valence-electron chi connectivity index (χ3n) is 2.94. The molecule has 1 atom stereocenters. The summed E-state index contributed by atoms with van der Waals surface area (Å²) in [5.41, 5.74) is 2.64. The maximum atomic E-state index is 12.2. The third-order valence-corrected chi connectivity index (χ3v) is 3.90. The first-order valence-electron chi connectivity index (χ1n) is 6.90. The van der Waals surface area contributed by atoms with Gasteiger partial charge in [0.05, 0.1) is 0 Å². The van der Waals surface area contributed by atoms with Crippen LogP contribution >= 0.6 is 22.6 Å². The third kappa shape index (κ3) is 5.18. The van der Waals surface area contributed by atoms with Crippen LogP contribution in [0.5, 0.6) is 0 Å². The number of amides is 1. The minimum Gasteiger partial charge on any atom is -0.346 e. The molecule has 1 unspecified atom stereocenters. The van der Waals surface area contributed by atoms with Crippen LogP contribution in [-0.4, -0.2) is 14.4 Å². The molecule has 0 bridgehead atoms. The fourth-order valence-corrected chi connectivity index (χ4v) is 2.50. The van der Waals surface area contributed by atoms with Gasteiger partial charge in [-0.3, -0.25) is 4.79 Å². The Balaban J connectivity index is 2.85. The quantitative estimate of drug-likeness (QED) is 0.388. The molecule has 0 fully saturated rings. The zero-order valence-corrected chi connectivity index (χ0v) is 14.9. The van der Waals surface area contributed by atoms with E-state index in [-0.39, 0.29) is 9.83 Å². The lowest BCUT2D eigenvalue weighted by Crippen LogP contribution is -2.32. The Morgan fingerprint density at radius 3 is 2.82 bits per heavy atom. The van der Waals surface area contributed by atoms with Gasteiger partial charge in [0, 0.05) is 24.1 Å². The van der Waals surface area contributed by atoms with E-state index in [9.17, 15) is 4.79 Å². The number of carbonyl (C=O) groups is 1. The molecule has 116 valence electrons. The van der Waals surface area contributed by atoms with Gasteiger partial charge in [-0.05, 0) is 30.7 Å². The van der Waals surface area contributed by atoms with Gasteiger partial charge in [-0.15, -0.1) is 0 Å². The fourth-order valence-electron chi connectivity index (χ4n) is 1.92. The van der Waals surface area contributed by atoms with Crippen LogP contribution in [0.15, 0.2) is 62.0 Å². The second-order valence-corrected chi connectivity index (χ2v) is 6.09. The molecule has 1 heterocycles.